The van der Waals surface area contributed by atoms with Gasteiger partial charge < -0.3 is 9.84 Å². The molecule has 1 N–H and O–H groups in total. The highest BCUT2D eigenvalue weighted by molar-refractivity contribution is 7.13. The van der Waals surface area contributed by atoms with E-state index >= 15 is 0 Å². The SMILES string of the molecule is COC(=O)c1ccc(CCC[C@@H]2[C@@H](C=C=Cc3ccccc3)[C@H](O)C[C@H]2Cl)s1. The molecule has 1 aliphatic rings. The van der Waals surface area contributed by atoms with Crippen LogP contribution in [0, 0.1) is 11.8 Å². The van der Waals surface area contributed by atoms with E-state index in [1.807, 2.05) is 54.6 Å². The molecule has 28 heavy (non-hydrogen) atoms. The van der Waals surface area contributed by atoms with E-state index in [1.54, 1.807) is 0 Å². The summed E-state index contributed by atoms with van der Waals surface area (Å²) < 4.78 is 4.76. The Morgan fingerprint density at radius 1 is 1.32 bits per heavy atom. The molecule has 1 saturated carbocycles. The number of hydrogen-bond acceptors (Lipinski definition) is 4. The molecule has 0 spiro atoms. The lowest BCUT2D eigenvalue weighted by Crippen LogP contribution is -2.18. The number of aryl methyl sites for hydroxylation is 1. The fraction of sp³-hybridized carbons (Fsp3) is 0.391. The first-order valence-electron chi connectivity index (χ1n) is 9.55. The topological polar surface area (TPSA) is 46.5 Å². The van der Waals surface area contributed by atoms with Crippen LogP contribution in [0.25, 0.3) is 6.08 Å². The second-order valence-electron chi connectivity index (χ2n) is 7.10. The Morgan fingerprint density at radius 2 is 2.11 bits per heavy atom. The molecule has 2 aromatic rings. The third-order valence-electron chi connectivity index (χ3n) is 5.22. The summed E-state index contributed by atoms with van der Waals surface area (Å²) in [6.45, 7) is 0. The molecule has 148 valence electrons. The molecule has 1 heterocycles. The number of aliphatic hydroxyl groups excluding tert-OH is 1. The molecule has 1 fully saturated rings. The van der Waals surface area contributed by atoms with Crippen LogP contribution in [0.2, 0.25) is 0 Å². The lowest BCUT2D eigenvalue weighted by molar-refractivity contribution is 0.0606. The summed E-state index contributed by atoms with van der Waals surface area (Å²) in [5.41, 5.74) is 4.32. The fourth-order valence-corrected chi connectivity index (χ4v) is 5.18. The first-order chi connectivity index (χ1) is 13.6. The maximum Gasteiger partial charge on any atom is 0.348 e. The summed E-state index contributed by atoms with van der Waals surface area (Å²) in [7, 11) is 1.40. The molecule has 0 aliphatic heterocycles. The van der Waals surface area contributed by atoms with Crippen LogP contribution < -0.4 is 0 Å². The van der Waals surface area contributed by atoms with Crippen LogP contribution in [0.1, 0.15) is 39.4 Å². The van der Waals surface area contributed by atoms with Crippen LogP contribution in [0.15, 0.2) is 54.3 Å². The van der Waals surface area contributed by atoms with E-state index in [-0.39, 0.29) is 23.2 Å². The third-order valence-corrected chi connectivity index (χ3v) is 6.84. The summed E-state index contributed by atoms with van der Waals surface area (Å²) in [5, 5.41) is 10.4. The van der Waals surface area contributed by atoms with Crippen molar-refractivity contribution in [3.8, 4) is 0 Å². The molecule has 0 bridgehead atoms. The minimum absolute atomic E-state index is 0.0243. The molecule has 3 nitrogen and oxygen atoms in total. The van der Waals surface area contributed by atoms with Gasteiger partial charge in [0.1, 0.15) is 4.88 Å². The van der Waals surface area contributed by atoms with Crippen LogP contribution in [0.4, 0.5) is 0 Å². The molecule has 0 saturated heterocycles. The van der Waals surface area contributed by atoms with E-state index in [4.69, 9.17) is 16.3 Å². The molecule has 1 aliphatic carbocycles. The molecule has 3 rings (SSSR count). The normalized spacial score (nSPS) is 23.8. The van der Waals surface area contributed by atoms with Gasteiger partial charge in [0, 0.05) is 16.2 Å². The van der Waals surface area contributed by atoms with Crippen molar-refractivity contribution < 1.29 is 14.6 Å². The number of carbonyl (C=O) groups is 1. The first kappa shape index (κ1) is 20.9. The van der Waals surface area contributed by atoms with Gasteiger partial charge in [-0.05, 0) is 61.4 Å². The van der Waals surface area contributed by atoms with Gasteiger partial charge in [0.25, 0.3) is 0 Å². The van der Waals surface area contributed by atoms with Gasteiger partial charge >= 0.3 is 5.97 Å². The average Bonchev–Trinajstić information content (AvgIpc) is 3.27. The van der Waals surface area contributed by atoms with Gasteiger partial charge in [-0.3, -0.25) is 0 Å². The van der Waals surface area contributed by atoms with Crippen LogP contribution >= 0.6 is 22.9 Å². The lowest BCUT2D eigenvalue weighted by Gasteiger charge is -2.19. The van der Waals surface area contributed by atoms with Crippen molar-refractivity contribution in [1.29, 1.82) is 0 Å². The Kier molecular flexibility index (Phi) is 7.52. The maximum absolute atomic E-state index is 11.6. The molecule has 1 aromatic heterocycles. The van der Waals surface area contributed by atoms with Crippen molar-refractivity contribution in [3.63, 3.8) is 0 Å². The number of benzene rings is 1. The third kappa shape index (κ3) is 5.36. The Balaban J connectivity index is 1.58. The smallest absolute Gasteiger partial charge is 0.348 e. The van der Waals surface area contributed by atoms with Gasteiger partial charge in [-0.25, -0.2) is 4.79 Å². The zero-order valence-electron chi connectivity index (χ0n) is 15.9. The van der Waals surface area contributed by atoms with Crippen molar-refractivity contribution in [2.75, 3.05) is 7.11 Å². The lowest BCUT2D eigenvalue weighted by atomic mass is 9.89. The number of alkyl halides is 1. The van der Waals surface area contributed by atoms with Crippen LogP contribution in [0.3, 0.4) is 0 Å². The minimum atomic E-state index is -0.420. The summed E-state index contributed by atoms with van der Waals surface area (Å²) in [4.78, 5) is 13.4. The van der Waals surface area contributed by atoms with Gasteiger partial charge in [0.15, 0.2) is 0 Å². The van der Waals surface area contributed by atoms with Gasteiger partial charge in [-0.1, -0.05) is 30.3 Å². The Bertz CT molecular complexity index is 839. The number of rotatable bonds is 7. The van der Waals surface area contributed by atoms with E-state index < -0.39 is 6.10 Å². The van der Waals surface area contributed by atoms with Crippen LogP contribution in [0.5, 0.6) is 0 Å². The number of esters is 1. The summed E-state index contributed by atoms with van der Waals surface area (Å²) in [5.74, 6) is -0.0313. The second kappa shape index (κ2) is 10.1. The fourth-order valence-electron chi connectivity index (χ4n) is 3.74. The van der Waals surface area contributed by atoms with E-state index in [0.29, 0.717) is 11.3 Å². The molecular weight excluding hydrogens is 392 g/mol. The highest BCUT2D eigenvalue weighted by Crippen LogP contribution is 2.40. The van der Waals surface area contributed by atoms with Crippen molar-refractivity contribution in [2.24, 2.45) is 11.8 Å². The Labute approximate surface area is 175 Å². The highest BCUT2D eigenvalue weighted by atomic mass is 35.5. The monoisotopic (exact) mass is 416 g/mol. The van der Waals surface area contributed by atoms with Gasteiger partial charge in [-0.2, -0.15) is 0 Å². The number of aliphatic hydroxyl groups is 1. The van der Waals surface area contributed by atoms with E-state index in [0.717, 1.165) is 24.8 Å². The largest absolute Gasteiger partial charge is 0.465 e. The summed E-state index contributed by atoms with van der Waals surface area (Å²) in [6.07, 6.45) is 6.91. The maximum atomic E-state index is 11.6. The molecule has 4 atom stereocenters. The standard InChI is InChI=1S/C23H25ClO3S/c1-27-23(26)22-14-13-17(28-22)10-6-11-18-19(21(25)15-20(18)24)12-5-9-16-7-3-2-4-8-16/h2-4,7-9,12-14,18-21,25H,6,10-11,15H2,1H3/t5?,18-,19-,20-,21-/m1/s1. The number of hydrogen-bond donors (Lipinski definition) is 1. The average molecular weight is 417 g/mol. The molecular formula is C23H25ClO3S. The highest BCUT2D eigenvalue weighted by Gasteiger charge is 2.39. The minimum Gasteiger partial charge on any atom is -0.465 e. The molecule has 0 amide bonds. The quantitative estimate of drug-likeness (QED) is 0.377. The van der Waals surface area contributed by atoms with E-state index in [2.05, 4.69) is 5.73 Å². The molecule has 1 aromatic carbocycles. The predicted molar refractivity (Wildman–Crippen MR) is 115 cm³/mol. The first-order valence-corrected chi connectivity index (χ1v) is 10.8. The van der Waals surface area contributed by atoms with Gasteiger partial charge in [-0.15, -0.1) is 28.7 Å². The second-order valence-corrected chi connectivity index (χ2v) is 8.83. The van der Waals surface area contributed by atoms with Crippen LogP contribution in [-0.4, -0.2) is 29.7 Å². The summed E-state index contributed by atoms with van der Waals surface area (Å²) in [6, 6.07) is 13.8. The number of methoxy groups -OCH3 is 1. The number of halogens is 1. The van der Waals surface area contributed by atoms with Gasteiger partial charge in [0.05, 0.1) is 13.2 Å². The van der Waals surface area contributed by atoms with Crippen molar-refractivity contribution in [2.45, 2.75) is 37.2 Å². The van der Waals surface area contributed by atoms with Crippen LogP contribution in [-0.2, 0) is 11.2 Å². The van der Waals surface area contributed by atoms with Crippen molar-refractivity contribution in [1.82, 2.24) is 0 Å². The zero-order chi connectivity index (χ0) is 19.9. The van der Waals surface area contributed by atoms with Crippen molar-refractivity contribution in [3.05, 3.63) is 69.6 Å². The molecule has 0 unspecified atom stereocenters. The summed E-state index contributed by atoms with van der Waals surface area (Å²) >= 11 is 8.01. The molecule has 5 heteroatoms. The van der Waals surface area contributed by atoms with E-state index in [1.165, 1.54) is 23.3 Å². The number of ether oxygens (including phenoxy) is 1. The molecule has 0 radical (unpaired) electrons. The number of thiophene rings is 1. The van der Waals surface area contributed by atoms with E-state index in [9.17, 15) is 9.90 Å². The Morgan fingerprint density at radius 3 is 2.86 bits per heavy atom. The zero-order valence-corrected chi connectivity index (χ0v) is 17.5. The number of carbonyl (C=O) groups excluding carboxylic acids is 1. The Hall–Kier alpha value is -1.84. The van der Waals surface area contributed by atoms with Gasteiger partial charge in [0.2, 0.25) is 0 Å². The van der Waals surface area contributed by atoms with Crippen molar-refractivity contribution >= 4 is 35.0 Å². The predicted octanol–water partition coefficient (Wildman–Crippen LogP) is 5.33.